The number of rotatable bonds is 13. The van der Waals surface area contributed by atoms with Gasteiger partial charge in [-0.15, -0.1) is 11.8 Å². The SMILES string of the molecule is C=N/C(=C\C=C/C)SCC(O)COCCCC(=O)OCc1ccccc1. The van der Waals surface area contributed by atoms with Crippen molar-refractivity contribution in [3.63, 3.8) is 0 Å². The Balaban J connectivity index is 2.06. The summed E-state index contributed by atoms with van der Waals surface area (Å²) in [6.07, 6.45) is 5.88. The van der Waals surface area contributed by atoms with E-state index in [4.69, 9.17) is 9.47 Å². The lowest BCUT2D eigenvalue weighted by atomic mass is 10.2. The Morgan fingerprint density at radius 1 is 1.38 bits per heavy atom. The molecule has 0 aliphatic rings. The van der Waals surface area contributed by atoms with E-state index in [1.54, 1.807) is 0 Å². The van der Waals surface area contributed by atoms with E-state index in [0.717, 1.165) is 10.6 Å². The van der Waals surface area contributed by atoms with Crippen LogP contribution < -0.4 is 0 Å². The first kappa shape index (κ1) is 22.2. The summed E-state index contributed by atoms with van der Waals surface area (Å²) in [6, 6.07) is 9.56. The van der Waals surface area contributed by atoms with E-state index in [2.05, 4.69) is 11.7 Å². The average Bonchev–Trinajstić information content (AvgIpc) is 2.67. The molecule has 0 saturated heterocycles. The second-order valence-corrected chi connectivity index (χ2v) is 6.52. The second kappa shape index (κ2) is 14.3. The predicted octanol–water partition coefficient (Wildman–Crippen LogP) is 3.74. The maximum absolute atomic E-state index is 11.7. The molecule has 1 unspecified atom stereocenters. The number of aliphatic hydroxyl groups is 1. The van der Waals surface area contributed by atoms with Gasteiger partial charge in [0.2, 0.25) is 0 Å². The quantitative estimate of drug-likeness (QED) is 0.245. The number of thioether (sulfide) groups is 1. The molecule has 1 rings (SSSR count). The highest BCUT2D eigenvalue weighted by atomic mass is 32.2. The van der Waals surface area contributed by atoms with E-state index in [9.17, 15) is 9.90 Å². The van der Waals surface area contributed by atoms with Gasteiger partial charge in [-0.25, -0.2) is 0 Å². The molecular weight excluding hydrogens is 350 g/mol. The zero-order valence-electron chi connectivity index (χ0n) is 15.2. The van der Waals surface area contributed by atoms with Crippen LogP contribution in [0.4, 0.5) is 0 Å². The molecule has 142 valence electrons. The number of hydrogen-bond donors (Lipinski definition) is 1. The number of esters is 1. The molecule has 6 heteroatoms. The zero-order valence-corrected chi connectivity index (χ0v) is 16.0. The standard InChI is InChI=1S/C20H27NO4S/c1-3-4-11-19(21-2)26-16-18(22)15-24-13-8-12-20(23)25-14-17-9-6-5-7-10-17/h3-7,9-11,18,22H,2,8,12-16H2,1H3/b4-3-,19-11+. The molecular formula is C20H27NO4S. The average molecular weight is 378 g/mol. The van der Waals surface area contributed by atoms with Crippen LogP contribution in [0.25, 0.3) is 0 Å². The van der Waals surface area contributed by atoms with Gasteiger partial charge < -0.3 is 14.6 Å². The lowest BCUT2D eigenvalue weighted by molar-refractivity contribution is -0.145. The highest BCUT2D eigenvalue weighted by Gasteiger charge is 2.07. The number of aliphatic imine (C=N–C) groups is 1. The normalized spacial score (nSPS) is 12.9. The minimum absolute atomic E-state index is 0.222. The minimum atomic E-state index is -0.596. The van der Waals surface area contributed by atoms with Crippen LogP contribution in [-0.2, 0) is 20.9 Å². The molecule has 0 aliphatic heterocycles. The van der Waals surface area contributed by atoms with Crippen molar-refractivity contribution in [2.75, 3.05) is 19.0 Å². The molecule has 0 amide bonds. The summed E-state index contributed by atoms with van der Waals surface area (Å²) < 4.78 is 10.6. The van der Waals surface area contributed by atoms with Gasteiger partial charge in [-0.1, -0.05) is 42.5 Å². The first-order valence-electron chi connectivity index (χ1n) is 8.53. The Bertz CT molecular complexity index is 587. The number of allylic oxidation sites excluding steroid dienone is 3. The number of carbonyl (C=O) groups is 1. The molecule has 1 N–H and O–H groups in total. The number of carbonyl (C=O) groups excluding carboxylic acids is 1. The lowest BCUT2D eigenvalue weighted by Gasteiger charge is -2.11. The smallest absolute Gasteiger partial charge is 0.306 e. The maximum Gasteiger partial charge on any atom is 0.306 e. The molecule has 0 aromatic heterocycles. The third kappa shape index (κ3) is 10.9. The van der Waals surface area contributed by atoms with Crippen LogP contribution in [0.2, 0.25) is 0 Å². The molecule has 0 aliphatic carbocycles. The summed E-state index contributed by atoms with van der Waals surface area (Å²) in [4.78, 5) is 15.5. The van der Waals surface area contributed by atoms with Crippen molar-refractivity contribution in [1.29, 1.82) is 0 Å². The molecule has 0 bridgehead atoms. The third-order valence-corrected chi connectivity index (χ3v) is 4.35. The van der Waals surface area contributed by atoms with Gasteiger partial charge in [-0.05, 0) is 31.7 Å². The lowest BCUT2D eigenvalue weighted by Crippen LogP contribution is -2.18. The number of aliphatic hydroxyl groups excluding tert-OH is 1. The molecule has 0 spiro atoms. The van der Waals surface area contributed by atoms with Crippen molar-refractivity contribution in [3.8, 4) is 0 Å². The second-order valence-electron chi connectivity index (χ2n) is 5.48. The Morgan fingerprint density at radius 2 is 2.15 bits per heavy atom. The highest BCUT2D eigenvalue weighted by molar-refractivity contribution is 8.03. The van der Waals surface area contributed by atoms with E-state index in [-0.39, 0.29) is 19.2 Å². The van der Waals surface area contributed by atoms with E-state index < -0.39 is 6.10 Å². The monoisotopic (exact) mass is 377 g/mol. The van der Waals surface area contributed by atoms with E-state index in [1.807, 2.05) is 55.5 Å². The fraction of sp³-hybridized carbons (Fsp3) is 0.400. The summed E-state index contributed by atoms with van der Waals surface area (Å²) in [5, 5.41) is 10.6. The Labute approximate surface area is 159 Å². The van der Waals surface area contributed by atoms with E-state index >= 15 is 0 Å². The maximum atomic E-state index is 11.7. The fourth-order valence-electron chi connectivity index (χ4n) is 1.90. The van der Waals surface area contributed by atoms with Crippen LogP contribution >= 0.6 is 11.8 Å². The van der Waals surface area contributed by atoms with Crippen molar-refractivity contribution in [2.45, 2.75) is 32.5 Å². The van der Waals surface area contributed by atoms with Crippen molar-refractivity contribution in [1.82, 2.24) is 0 Å². The first-order valence-corrected chi connectivity index (χ1v) is 9.52. The molecule has 1 aromatic carbocycles. The van der Waals surface area contributed by atoms with Crippen LogP contribution in [0.1, 0.15) is 25.3 Å². The first-order chi connectivity index (χ1) is 12.7. The van der Waals surface area contributed by atoms with Crippen molar-refractivity contribution in [2.24, 2.45) is 4.99 Å². The van der Waals surface area contributed by atoms with Gasteiger partial charge in [0, 0.05) is 18.8 Å². The molecule has 5 nitrogen and oxygen atoms in total. The van der Waals surface area contributed by atoms with Gasteiger partial charge in [0.25, 0.3) is 0 Å². The summed E-state index contributed by atoms with van der Waals surface area (Å²) in [7, 11) is 0. The van der Waals surface area contributed by atoms with E-state index in [1.165, 1.54) is 11.8 Å². The molecule has 1 aromatic rings. The van der Waals surface area contributed by atoms with Crippen molar-refractivity contribution < 1.29 is 19.4 Å². The highest BCUT2D eigenvalue weighted by Crippen LogP contribution is 2.17. The third-order valence-electron chi connectivity index (χ3n) is 3.23. The van der Waals surface area contributed by atoms with Gasteiger partial charge in [-0.2, -0.15) is 0 Å². The molecule has 0 saturated carbocycles. The summed E-state index contributed by atoms with van der Waals surface area (Å²) in [5.41, 5.74) is 0.967. The van der Waals surface area contributed by atoms with Crippen LogP contribution in [0.15, 0.2) is 58.6 Å². The Morgan fingerprint density at radius 3 is 2.85 bits per heavy atom. The van der Waals surface area contributed by atoms with Crippen molar-refractivity contribution in [3.05, 3.63) is 59.2 Å². The Kier molecular flexibility index (Phi) is 12.2. The zero-order chi connectivity index (χ0) is 19.0. The number of benzene rings is 1. The molecule has 26 heavy (non-hydrogen) atoms. The summed E-state index contributed by atoms with van der Waals surface area (Å²) >= 11 is 1.42. The number of nitrogens with zero attached hydrogens (tertiary/aromatic N) is 1. The molecule has 0 radical (unpaired) electrons. The van der Waals surface area contributed by atoms with Gasteiger partial charge in [0.15, 0.2) is 0 Å². The molecule has 0 fully saturated rings. The summed E-state index contributed by atoms with van der Waals surface area (Å²) in [5.74, 6) is 0.228. The number of hydrogen-bond acceptors (Lipinski definition) is 6. The van der Waals surface area contributed by atoms with Gasteiger partial charge in [0.05, 0.1) is 17.7 Å². The largest absolute Gasteiger partial charge is 0.461 e. The van der Waals surface area contributed by atoms with Crippen LogP contribution in [0.3, 0.4) is 0 Å². The van der Waals surface area contributed by atoms with Crippen LogP contribution in [0.5, 0.6) is 0 Å². The molecule has 1 atom stereocenters. The van der Waals surface area contributed by atoms with Gasteiger partial charge >= 0.3 is 5.97 Å². The van der Waals surface area contributed by atoms with Gasteiger partial charge in [0.1, 0.15) is 6.61 Å². The van der Waals surface area contributed by atoms with Crippen LogP contribution in [-0.4, -0.2) is 42.9 Å². The number of ether oxygens (including phenoxy) is 2. The summed E-state index contributed by atoms with van der Waals surface area (Å²) in [6.45, 7) is 6.34. The van der Waals surface area contributed by atoms with E-state index in [0.29, 0.717) is 25.2 Å². The fourth-order valence-corrected chi connectivity index (χ4v) is 2.63. The van der Waals surface area contributed by atoms with Crippen molar-refractivity contribution >= 4 is 24.4 Å². The minimum Gasteiger partial charge on any atom is -0.461 e. The topological polar surface area (TPSA) is 68.1 Å². The van der Waals surface area contributed by atoms with Gasteiger partial charge in [-0.3, -0.25) is 9.79 Å². The molecule has 0 heterocycles. The Hall–Kier alpha value is -1.89. The predicted molar refractivity (Wildman–Crippen MR) is 107 cm³/mol. The van der Waals surface area contributed by atoms with Crippen LogP contribution in [0, 0.1) is 0 Å².